The number of H-pyrrole nitrogens is 1. The molecule has 0 fully saturated rings. The number of aromatic nitrogens is 4. The first-order chi connectivity index (χ1) is 19.6. The van der Waals surface area contributed by atoms with Crippen LogP contribution in [-0.4, -0.2) is 25.8 Å². The molecule has 6 rings (SSSR count). The van der Waals surface area contributed by atoms with Crippen molar-refractivity contribution in [1.29, 1.82) is 0 Å². The summed E-state index contributed by atoms with van der Waals surface area (Å²) in [6, 6.07) is 28.4. The van der Waals surface area contributed by atoms with Gasteiger partial charge in [0.25, 0.3) is 0 Å². The van der Waals surface area contributed by atoms with Crippen LogP contribution in [0.2, 0.25) is 0 Å². The highest BCUT2D eigenvalue weighted by molar-refractivity contribution is 6.00. The van der Waals surface area contributed by atoms with E-state index in [9.17, 15) is 4.79 Å². The molecule has 40 heavy (non-hydrogen) atoms. The van der Waals surface area contributed by atoms with Gasteiger partial charge in [-0.3, -0.25) is 9.58 Å². The Morgan fingerprint density at radius 2 is 1.77 bits per heavy atom. The van der Waals surface area contributed by atoms with E-state index >= 15 is 0 Å². The fourth-order valence-corrected chi connectivity index (χ4v) is 4.82. The molecule has 8 nitrogen and oxygen atoms in total. The molecule has 0 aliphatic carbocycles. The molecular formula is C32H28N6O2. The number of pyridine rings is 1. The van der Waals surface area contributed by atoms with Crippen molar-refractivity contribution in [2.45, 2.75) is 20.1 Å². The summed E-state index contributed by atoms with van der Waals surface area (Å²) in [5, 5.41) is 5.89. The number of carbonyl (C=O) groups is 1. The molecule has 3 aromatic heterocycles. The summed E-state index contributed by atoms with van der Waals surface area (Å²) in [7, 11) is 0. The monoisotopic (exact) mass is 528 g/mol. The number of rotatable bonds is 8. The Balaban J connectivity index is 1.33. The highest BCUT2D eigenvalue weighted by Gasteiger charge is 2.19. The van der Waals surface area contributed by atoms with Gasteiger partial charge in [-0.25, -0.2) is 9.78 Å². The zero-order valence-corrected chi connectivity index (χ0v) is 22.0. The van der Waals surface area contributed by atoms with Crippen molar-refractivity contribution in [2.75, 3.05) is 4.90 Å². The third kappa shape index (κ3) is 4.90. The number of hydrogen-bond acceptors (Lipinski definition) is 4. The number of nitrogens with two attached hydrogens (primary N) is 1. The van der Waals surface area contributed by atoms with Gasteiger partial charge in [-0.15, -0.1) is 0 Å². The van der Waals surface area contributed by atoms with Crippen LogP contribution in [0, 0.1) is 0 Å². The standard InChI is InChI=1S/C32H28N6O2/c1-2-37-20-29(27-15-17-34-31-28(27)16-18-35-31)30(36-37)23-9-6-10-25(19-23)38(32(33)39)24-11-13-26(14-12-24)40-21-22-7-4-3-5-8-22/h3-20H,2,21H2,1H3,(H2,33,39)(H,34,35). The van der Waals surface area contributed by atoms with Crippen LogP contribution in [-0.2, 0) is 13.2 Å². The average molecular weight is 529 g/mol. The van der Waals surface area contributed by atoms with Gasteiger partial charge in [0, 0.05) is 41.6 Å². The third-order valence-electron chi connectivity index (χ3n) is 6.78. The number of urea groups is 1. The molecule has 6 aromatic rings. The van der Waals surface area contributed by atoms with Crippen LogP contribution in [0.3, 0.4) is 0 Å². The highest BCUT2D eigenvalue weighted by atomic mass is 16.5. The van der Waals surface area contributed by atoms with E-state index in [0.717, 1.165) is 45.5 Å². The van der Waals surface area contributed by atoms with Gasteiger partial charge in [-0.2, -0.15) is 5.10 Å². The van der Waals surface area contributed by atoms with Crippen LogP contribution in [0.4, 0.5) is 16.2 Å². The first-order valence-electron chi connectivity index (χ1n) is 13.1. The van der Waals surface area contributed by atoms with Crippen molar-refractivity contribution in [2.24, 2.45) is 5.73 Å². The fraction of sp³-hybridized carbons (Fsp3) is 0.0938. The lowest BCUT2D eigenvalue weighted by Gasteiger charge is -2.21. The normalized spacial score (nSPS) is 11.0. The number of primary amides is 1. The predicted octanol–water partition coefficient (Wildman–Crippen LogP) is 6.91. The van der Waals surface area contributed by atoms with Crippen molar-refractivity contribution < 1.29 is 9.53 Å². The summed E-state index contributed by atoms with van der Waals surface area (Å²) in [6.07, 6.45) is 5.72. The molecule has 0 saturated carbocycles. The second-order valence-corrected chi connectivity index (χ2v) is 9.34. The topological polar surface area (TPSA) is 102 Å². The van der Waals surface area contributed by atoms with Gasteiger partial charge in [-0.1, -0.05) is 42.5 Å². The van der Waals surface area contributed by atoms with Gasteiger partial charge in [0.1, 0.15) is 23.7 Å². The Morgan fingerprint density at radius 1 is 0.950 bits per heavy atom. The number of ether oxygens (including phenoxy) is 1. The molecule has 3 N–H and O–H groups in total. The zero-order chi connectivity index (χ0) is 27.5. The number of hydrogen-bond donors (Lipinski definition) is 2. The molecule has 8 heteroatoms. The molecule has 0 unspecified atom stereocenters. The summed E-state index contributed by atoms with van der Waals surface area (Å²) in [5.74, 6) is 0.703. The molecule has 0 bridgehead atoms. The average Bonchev–Trinajstić information content (AvgIpc) is 3.65. The second kappa shape index (κ2) is 10.8. The van der Waals surface area contributed by atoms with Gasteiger partial charge in [0.2, 0.25) is 0 Å². The molecule has 0 atom stereocenters. The lowest BCUT2D eigenvalue weighted by Crippen LogP contribution is -2.31. The van der Waals surface area contributed by atoms with Gasteiger partial charge >= 0.3 is 6.03 Å². The maximum atomic E-state index is 12.7. The van der Waals surface area contributed by atoms with Crippen LogP contribution >= 0.6 is 0 Å². The van der Waals surface area contributed by atoms with Crippen molar-refractivity contribution in [1.82, 2.24) is 19.7 Å². The minimum atomic E-state index is -0.586. The number of anilines is 2. The summed E-state index contributed by atoms with van der Waals surface area (Å²) in [6.45, 7) is 3.23. The first-order valence-corrected chi connectivity index (χ1v) is 13.1. The Labute approximate surface area is 231 Å². The van der Waals surface area contributed by atoms with Gasteiger partial charge < -0.3 is 15.5 Å². The molecule has 0 spiro atoms. The Bertz CT molecular complexity index is 1770. The van der Waals surface area contributed by atoms with Gasteiger partial charge in [0.15, 0.2) is 0 Å². The maximum Gasteiger partial charge on any atom is 0.323 e. The summed E-state index contributed by atoms with van der Waals surface area (Å²) in [5.41, 5.74) is 12.8. The number of benzene rings is 3. The summed E-state index contributed by atoms with van der Waals surface area (Å²) >= 11 is 0. The third-order valence-corrected chi connectivity index (χ3v) is 6.78. The maximum absolute atomic E-state index is 12.7. The van der Waals surface area contributed by atoms with Crippen LogP contribution in [0.1, 0.15) is 12.5 Å². The number of nitrogens with zero attached hydrogens (tertiary/aromatic N) is 4. The van der Waals surface area contributed by atoms with Crippen LogP contribution in [0.15, 0.2) is 110 Å². The molecule has 0 radical (unpaired) electrons. The molecule has 2 amide bonds. The van der Waals surface area contributed by atoms with E-state index < -0.39 is 6.03 Å². The van der Waals surface area contributed by atoms with Gasteiger partial charge in [0.05, 0.1) is 11.4 Å². The Kier molecular flexibility index (Phi) is 6.72. The highest BCUT2D eigenvalue weighted by Crippen LogP contribution is 2.37. The molecule has 198 valence electrons. The minimum absolute atomic E-state index is 0.459. The molecule has 0 aliphatic rings. The van der Waals surface area contributed by atoms with Crippen molar-refractivity contribution in [3.05, 3.63) is 115 Å². The SMILES string of the molecule is CCn1cc(-c2ccnc3[nH]ccc23)c(-c2cccc(N(C(N)=O)c3ccc(OCc4ccccc4)cc3)c2)n1. The minimum Gasteiger partial charge on any atom is -0.489 e. The smallest absolute Gasteiger partial charge is 0.323 e. The molecular weight excluding hydrogens is 500 g/mol. The van der Waals surface area contributed by atoms with E-state index in [2.05, 4.69) is 16.9 Å². The second-order valence-electron chi connectivity index (χ2n) is 9.34. The number of amides is 2. The number of aromatic amines is 1. The molecule has 0 saturated heterocycles. The number of aryl methyl sites for hydroxylation is 1. The fourth-order valence-electron chi connectivity index (χ4n) is 4.82. The Morgan fingerprint density at radius 3 is 2.55 bits per heavy atom. The van der Waals surface area contributed by atoms with Crippen LogP contribution in [0.25, 0.3) is 33.4 Å². The first kappa shape index (κ1) is 24.9. The summed E-state index contributed by atoms with van der Waals surface area (Å²) in [4.78, 5) is 21.8. The molecule has 0 aliphatic heterocycles. The molecule has 3 heterocycles. The quantitative estimate of drug-likeness (QED) is 0.224. The lowest BCUT2D eigenvalue weighted by molar-refractivity contribution is 0.256. The van der Waals surface area contributed by atoms with Crippen LogP contribution < -0.4 is 15.4 Å². The van der Waals surface area contributed by atoms with Crippen molar-refractivity contribution in [3.63, 3.8) is 0 Å². The lowest BCUT2D eigenvalue weighted by atomic mass is 10.00. The number of fused-ring (bicyclic) bond motifs is 1. The van der Waals surface area contributed by atoms with E-state index in [1.54, 1.807) is 6.20 Å². The molecule has 3 aromatic carbocycles. The van der Waals surface area contributed by atoms with Crippen molar-refractivity contribution in [3.8, 4) is 28.1 Å². The van der Waals surface area contributed by atoms with E-state index in [4.69, 9.17) is 15.6 Å². The predicted molar refractivity (Wildman–Crippen MR) is 157 cm³/mol. The van der Waals surface area contributed by atoms with E-state index in [1.165, 1.54) is 4.90 Å². The number of nitrogens with one attached hydrogen (secondary N) is 1. The number of carbonyl (C=O) groups excluding carboxylic acids is 1. The zero-order valence-electron chi connectivity index (χ0n) is 22.0. The van der Waals surface area contributed by atoms with E-state index in [1.807, 2.05) is 108 Å². The Hall–Kier alpha value is -5.37. The van der Waals surface area contributed by atoms with E-state index in [0.29, 0.717) is 23.7 Å². The summed E-state index contributed by atoms with van der Waals surface area (Å²) < 4.78 is 7.82. The largest absolute Gasteiger partial charge is 0.489 e. The van der Waals surface area contributed by atoms with Crippen LogP contribution in [0.5, 0.6) is 5.75 Å². The van der Waals surface area contributed by atoms with Crippen molar-refractivity contribution >= 4 is 28.4 Å². The van der Waals surface area contributed by atoms with Gasteiger partial charge in [-0.05, 0) is 66.6 Å². The van der Waals surface area contributed by atoms with E-state index in [-0.39, 0.29) is 0 Å².